The Balaban J connectivity index is 2.24. The largest absolute Gasteiger partial charge is 0.396 e. The molecule has 2 N–H and O–H groups in total. The van der Waals surface area contributed by atoms with Crippen LogP contribution in [0.15, 0.2) is 30.3 Å². The van der Waals surface area contributed by atoms with Crippen LogP contribution in [-0.2, 0) is 16.2 Å². The lowest BCUT2D eigenvalue weighted by Gasteiger charge is -2.13. The van der Waals surface area contributed by atoms with E-state index in [1.54, 1.807) is 0 Å². The average Bonchev–Trinajstić information content (AvgIpc) is 2.44. The molecule has 0 bridgehead atoms. The minimum absolute atomic E-state index is 0.135. The van der Waals surface area contributed by atoms with Gasteiger partial charge >= 0.3 is 0 Å². The average molecular weight is 265 g/mol. The number of hydrogen-bond acceptors (Lipinski definition) is 3. The summed E-state index contributed by atoms with van der Waals surface area (Å²) in [6.07, 6.45) is 3.83. The molecule has 0 heterocycles. The Morgan fingerprint density at radius 2 is 2.05 bits per heavy atom. The third kappa shape index (κ3) is 6.36. The van der Waals surface area contributed by atoms with Crippen molar-refractivity contribution >= 4 is 5.91 Å². The second kappa shape index (κ2) is 9.53. The van der Waals surface area contributed by atoms with E-state index in [1.807, 2.05) is 30.3 Å². The Morgan fingerprint density at radius 1 is 1.32 bits per heavy atom. The predicted molar refractivity (Wildman–Crippen MR) is 74.1 cm³/mol. The van der Waals surface area contributed by atoms with Gasteiger partial charge in [-0.1, -0.05) is 56.5 Å². The van der Waals surface area contributed by atoms with Gasteiger partial charge in [-0.15, -0.1) is 0 Å². The van der Waals surface area contributed by atoms with E-state index in [0.29, 0.717) is 13.0 Å². The third-order valence-electron chi connectivity index (χ3n) is 3.00. The molecule has 0 aliphatic carbocycles. The lowest BCUT2D eigenvalue weighted by atomic mass is 10.0. The highest BCUT2D eigenvalue weighted by Gasteiger charge is 2.16. The van der Waals surface area contributed by atoms with Crippen LogP contribution < -0.4 is 5.48 Å². The van der Waals surface area contributed by atoms with E-state index < -0.39 is 0 Å². The summed E-state index contributed by atoms with van der Waals surface area (Å²) in [5.74, 6) is -0.614. The van der Waals surface area contributed by atoms with Crippen LogP contribution in [-0.4, -0.2) is 17.6 Å². The van der Waals surface area contributed by atoms with E-state index in [9.17, 15) is 9.90 Å². The summed E-state index contributed by atoms with van der Waals surface area (Å²) in [4.78, 5) is 16.9. The van der Waals surface area contributed by atoms with Crippen molar-refractivity contribution in [3.05, 3.63) is 35.9 Å². The number of carbonyl (C=O) groups is 1. The van der Waals surface area contributed by atoms with E-state index in [0.717, 1.165) is 24.8 Å². The molecule has 0 saturated heterocycles. The van der Waals surface area contributed by atoms with Crippen molar-refractivity contribution in [1.29, 1.82) is 0 Å². The van der Waals surface area contributed by atoms with Crippen molar-refractivity contribution in [2.24, 2.45) is 5.92 Å². The van der Waals surface area contributed by atoms with E-state index in [1.165, 1.54) is 0 Å². The molecule has 0 spiro atoms. The van der Waals surface area contributed by atoms with Gasteiger partial charge < -0.3 is 5.11 Å². The van der Waals surface area contributed by atoms with Gasteiger partial charge in [-0.2, -0.15) is 0 Å². The summed E-state index contributed by atoms with van der Waals surface area (Å²) in [7, 11) is 0. The number of carbonyl (C=O) groups excluding carboxylic acids is 1. The van der Waals surface area contributed by atoms with Crippen molar-refractivity contribution in [2.75, 3.05) is 6.61 Å². The maximum Gasteiger partial charge on any atom is 0.248 e. The van der Waals surface area contributed by atoms with Gasteiger partial charge in [0.05, 0.1) is 19.1 Å². The molecule has 4 nitrogen and oxygen atoms in total. The number of aliphatic hydroxyl groups excluding tert-OH is 1. The summed E-state index contributed by atoms with van der Waals surface area (Å²) in [5.41, 5.74) is 3.40. The number of unbranched alkanes of at least 4 members (excludes halogenated alkanes) is 2. The number of rotatable bonds is 9. The number of benzene rings is 1. The first-order valence-corrected chi connectivity index (χ1v) is 6.84. The first-order valence-electron chi connectivity index (χ1n) is 6.84. The van der Waals surface area contributed by atoms with Gasteiger partial charge in [-0.05, 0) is 12.0 Å². The van der Waals surface area contributed by atoms with Crippen LogP contribution in [0.25, 0.3) is 0 Å². The molecule has 1 aromatic carbocycles. The molecule has 0 aliphatic heterocycles. The first kappa shape index (κ1) is 15.7. The summed E-state index contributed by atoms with van der Waals surface area (Å²) in [5, 5.41) is 9.20. The number of aliphatic hydroxyl groups is 1. The maximum atomic E-state index is 11.8. The second-order valence-corrected chi connectivity index (χ2v) is 4.62. The second-order valence-electron chi connectivity index (χ2n) is 4.62. The smallest absolute Gasteiger partial charge is 0.248 e. The van der Waals surface area contributed by atoms with Crippen LogP contribution in [0.5, 0.6) is 0 Å². The van der Waals surface area contributed by atoms with Crippen LogP contribution in [0.4, 0.5) is 0 Å². The SMILES string of the molecule is CCCCC[C@H](CO)C(=O)NOCc1ccccc1. The normalized spacial score (nSPS) is 12.1. The van der Waals surface area contributed by atoms with E-state index in [2.05, 4.69) is 12.4 Å². The summed E-state index contributed by atoms with van der Waals surface area (Å²) in [6, 6.07) is 9.62. The Kier molecular flexibility index (Phi) is 7.86. The minimum Gasteiger partial charge on any atom is -0.396 e. The molecule has 4 heteroatoms. The van der Waals surface area contributed by atoms with Crippen LogP contribution in [0.2, 0.25) is 0 Å². The molecule has 19 heavy (non-hydrogen) atoms. The number of amides is 1. The van der Waals surface area contributed by atoms with Gasteiger partial charge in [0.1, 0.15) is 0 Å². The third-order valence-corrected chi connectivity index (χ3v) is 3.00. The molecule has 0 saturated carbocycles. The molecule has 0 fully saturated rings. The molecule has 1 aromatic rings. The van der Waals surface area contributed by atoms with Crippen molar-refractivity contribution in [2.45, 2.75) is 39.2 Å². The topological polar surface area (TPSA) is 58.6 Å². The highest BCUT2D eigenvalue weighted by atomic mass is 16.6. The van der Waals surface area contributed by atoms with Gasteiger partial charge in [-0.3, -0.25) is 9.63 Å². The zero-order valence-corrected chi connectivity index (χ0v) is 11.5. The quantitative estimate of drug-likeness (QED) is 0.532. The highest BCUT2D eigenvalue weighted by molar-refractivity contribution is 5.77. The Morgan fingerprint density at radius 3 is 2.68 bits per heavy atom. The zero-order chi connectivity index (χ0) is 13.9. The lowest BCUT2D eigenvalue weighted by molar-refractivity contribution is -0.140. The first-order chi connectivity index (χ1) is 9.27. The van der Waals surface area contributed by atoms with E-state index >= 15 is 0 Å². The molecule has 0 aliphatic rings. The fourth-order valence-corrected chi connectivity index (χ4v) is 1.79. The fraction of sp³-hybridized carbons (Fsp3) is 0.533. The van der Waals surface area contributed by atoms with Crippen molar-refractivity contribution in [1.82, 2.24) is 5.48 Å². The fourth-order valence-electron chi connectivity index (χ4n) is 1.79. The number of hydrogen-bond donors (Lipinski definition) is 2. The Bertz CT molecular complexity index is 354. The lowest BCUT2D eigenvalue weighted by Crippen LogP contribution is -2.32. The predicted octanol–water partition coefficient (Wildman–Crippen LogP) is 2.42. The van der Waals surface area contributed by atoms with E-state index in [4.69, 9.17) is 4.84 Å². The van der Waals surface area contributed by atoms with Crippen LogP contribution in [0, 0.1) is 5.92 Å². The van der Waals surface area contributed by atoms with Gasteiger partial charge in [0.25, 0.3) is 0 Å². The maximum absolute atomic E-state index is 11.8. The van der Waals surface area contributed by atoms with Gasteiger partial charge in [0.15, 0.2) is 0 Å². The van der Waals surface area contributed by atoms with Crippen molar-refractivity contribution in [3.63, 3.8) is 0 Å². The van der Waals surface area contributed by atoms with Crippen LogP contribution in [0.1, 0.15) is 38.2 Å². The monoisotopic (exact) mass is 265 g/mol. The van der Waals surface area contributed by atoms with Crippen LogP contribution >= 0.6 is 0 Å². The highest BCUT2D eigenvalue weighted by Crippen LogP contribution is 2.10. The van der Waals surface area contributed by atoms with Gasteiger partial charge in [0.2, 0.25) is 5.91 Å². The molecule has 1 rings (SSSR count). The zero-order valence-electron chi connectivity index (χ0n) is 11.5. The summed E-state index contributed by atoms with van der Waals surface area (Å²) >= 11 is 0. The van der Waals surface area contributed by atoms with Crippen LogP contribution in [0.3, 0.4) is 0 Å². The van der Waals surface area contributed by atoms with Gasteiger partial charge in [0, 0.05) is 0 Å². The Hall–Kier alpha value is -1.39. The minimum atomic E-state index is -0.373. The summed E-state index contributed by atoms with van der Waals surface area (Å²) in [6.45, 7) is 2.31. The number of nitrogens with one attached hydrogen (secondary N) is 1. The molecule has 0 unspecified atom stereocenters. The molecular formula is C15H23NO3. The molecule has 0 aromatic heterocycles. The molecule has 106 valence electrons. The molecule has 1 amide bonds. The standard InChI is InChI=1S/C15H23NO3/c1-2-3-5-10-14(11-17)15(18)16-19-12-13-8-6-4-7-9-13/h4,6-9,14,17H,2-3,5,10-12H2,1H3,(H,16,18)/t14-/m1/s1. The molecule has 0 radical (unpaired) electrons. The molecule has 1 atom stereocenters. The van der Waals surface area contributed by atoms with Crippen molar-refractivity contribution in [3.8, 4) is 0 Å². The van der Waals surface area contributed by atoms with E-state index in [-0.39, 0.29) is 18.4 Å². The van der Waals surface area contributed by atoms with Gasteiger partial charge in [-0.25, -0.2) is 5.48 Å². The number of hydroxylamine groups is 1. The summed E-state index contributed by atoms with van der Waals surface area (Å²) < 4.78 is 0. The Labute approximate surface area is 114 Å². The van der Waals surface area contributed by atoms with Crippen molar-refractivity contribution < 1.29 is 14.7 Å². The molecular weight excluding hydrogens is 242 g/mol.